The number of hydrogen-bond donors (Lipinski definition) is 1. The molecule has 3 nitrogen and oxygen atoms in total. The van der Waals surface area contributed by atoms with Crippen molar-refractivity contribution >= 4 is 5.78 Å². The summed E-state index contributed by atoms with van der Waals surface area (Å²) in [7, 11) is 0. The molecule has 1 aromatic rings. The Labute approximate surface area is 138 Å². The van der Waals surface area contributed by atoms with E-state index in [1.807, 2.05) is 26.0 Å². The van der Waals surface area contributed by atoms with E-state index >= 15 is 0 Å². The van der Waals surface area contributed by atoms with Crippen LogP contribution in [0.15, 0.2) is 12.1 Å². The molecule has 1 aromatic carbocycles. The van der Waals surface area contributed by atoms with Gasteiger partial charge in [0.25, 0.3) is 0 Å². The quantitative estimate of drug-likeness (QED) is 0.846. The minimum absolute atomic E-state index is 0.0790. The number of Topliss-reactive ketones (excluding diaryl/α,β-unsaturated/α-hetero) is 1. The Bertz CT molecular complexity index is 692. The Hall–Kier alpha value is -1.35. The predicted octanol–water partition coefficient (Wildman–Crippen LogP) is 4.17. The zero-order chi connectivity index (χ0) is 16.6. The number of phenols is 1. The van der Waals surface area contributed by atoms with Gasteiger partial charge in [0.05, 0.1) is 6.61 Å². The zero-order valence-corrected chi connectivity index (χ0v) is 14.5. The second-order valence-electron chi connectivity index (χ2n) is 8.61. The van der Waals surface area contributed by atoms with E-state index in [1.54, 1.807) is 0 Å². The maximum absolute atomic E-state index is 13.1. The van der Waals surface area contributed by atoms with E-state index in [4.69, 9.17) is 4.74 Å². The summed E-state index contributed by atoms with van der Waals surface area (Å²) in [5.74, 6) is 0.875. The van der Waals surface area contributed by atoms with Crippen LogP contribution >= 0.6 is 0 Å². The molecule has 0 unspecified atom stereocenters. The first kappa shape index (κ1) is 15.2. The van der Waals surface area contributed by atoms with Crippen LogP contribution in [0.25, 0.3) is 0 Å². The lowest BCUT2D eigenvalue weighted by Gasteiger charge is -2.52. The summed E-state index contributed by atoms with van der Waals surface area (Å²) in [5.41, 5.74) is 2.68. The Kier molecular flexibility index (Phi) is 3.04. The average molecular weight is 314 g/mol. The molecular weight excluding hydrogens is 288 g/mol. The van der Waals surface area contributed by atoms with Crippen molar-refractivity contribution in [2.45, 2.75) is 64.4 Å². The van der Waals surface area contributed by atoms with Gasteiger partial charge in [-0.05, 0) is 52.8 Å². The Morgan fingerprint density at radius 1 is 1.26 bits per heavy atom. The number of rotatable bonds is 1. The highest BCUT2D eigenvalue weighted by atomic mass is 16.5. The molecule has 2 aliphatic carbocycles. The molecule has 1 N–H and O–H groups in total. The van der Waals surface area contributed by atoms with Crippen LogP contribution in [-0.4, -0.2) is 23.6 Å². The molecule has 0 bridgehead atoms. The molecule has 0 aromatic heterocycles. The van der Waals surface area contributed by atoms with Crippen LogP contribution in [0.4, 0.5) is 0 Å². The summed E-state index contributed by atoms with van der Waals surface area (Å²) in [6, 6.07) is 3.80. The number of hydrogen-bond acceptors (Lipinski definition) is 3. The molecule has 3 heteroatoms. The topological polar surface area (TPSA) is 46.5 Å². The lowest BCUT2D eigenvalue weighted by atomic mass is 9.50. The molecule has 0 amide bonds. The van der Waals surface area contributed by atoms with Gasteiger partial charge in [0, 0.05) is 11.5 Å². The molecule has 4 rings (SSSR count). The summed E-state index contributed by atoms with van der Waals surface area (Å²) in [6.07, 6.45) is 3.04. The molecule has 0 spiro atoms. The van der Waals surface area contributed by atoms with E-state index in [0.717, 1.165) is 36.0 Å². The molecule has 1 saturated carbocycles. The molecule has 1 saturated heterocycles. The van der Waals surface area contributed by atoms with Gasteiger partial charge in [0.15, 0.2) is 5.78 Å². The van der Waals surface area contributed by atoms with E-state index in [9.17, 15) is 9.90 Å². The van der Waals surface area contributed by atoms with E-state index in [0.29, 0.717) is 12.4 Å². The second-order valence-corrected chi connectivity index (χ2v) is 8.61. The molecule has 2 fully saturated rings. The largest absolute Gasteiger partial charge is 0.508 e. The molecule has 3 aliphatic rings. The summed E-state index contributed by atoms with van der Waals surface area (Å²) >= 11 is 0. The highest BCUT2D eigenvalue weighted by molar-refractivity contribution is 6.03. The normalized spacial score (nSPS) is 38.6. The molecule has 1 heterocycles. The van der Waals surface area contributed by atoms with Crippen molar-refractivity contribution in [3.05, 3.63) is 28.8 Å². The number of carbonyl (C=O) groups excluding carboxylic acids is 1. The van der Waals surface area contributed by atoms with Gasteiger partial charge in [-0.15, -0.1) is 0 Å². The first-order chi connectivity index (χ1) is 10.8. The van der Waals surface area contributed by atoms with Gasteiger partial charge in [-0.2, -0.15) is 0 Å². The van der Waals surface area contributed by atoms with E-state index in [2.05, 4.69) is 13.8 Å². The van der Waals surface area contributed by atoms with Crippen LogP contribution < -0.4 is 0 Å². The predicted molar refractivity (Wildman–Crippen MR) is 89.1 cm³/mol. The van der Waals surface area contributed by atoms with Crippen molar-refractivity contribution in [3.8, 4) is 5.75 Å². The highest BCUT2D eigenvalue weighted by Gasteiger charge is 2.62. The molecule has 124 valence electrons. The van der Waals surface area contributed by atoms with Gasteiger partial charge in [-0.1, -0.05) is 34.1 Å². The summed E-state index contributed by atoms with van der Waals surface area (Å²) < 4.78 is 6.03. The number of phenolic OH excluding ortho intramolecular Hbond substituents is 1. The van der Waals surface area contributed by atoms with Gasteiger partial charge in [-0.25, -0.2) is 0 Å². The Balaban J connectivity index is 1.96. The third-order valence-electron chi connectivity index (χ3n) is 6.70. The number of ether oxygens (including phenoxy) is 1. The van der Waals surface area contributed by atoms with Crippen molar-refractivity contribution in [1.29, 1.82) is 0 Å². The van der Waals surface area contributed by atoms with Crippen molar-refractivity contribution in [2.75, 3.05) is 6.61 Å². The van der Waals surface area contributed by atoms with Gasteiger partial charge in [-0.3, -0.25) is 4.79 Å². The number of benzene rings is 1. The second kappa shape index (κ2) is 4.60. The van der Waals surface area contributed by atoms with Gasteiger partial charge >= 0.3 is 0 Å². The third-order valence-corrected chi connectivity index (χ3v) is 6.70. The number of fused-ring (bicyclic) bond motifs is 2. The molecule has 0 radical (unpaired) electrons. The monoisotopic (exact) mass is 314 g/mol. The lowest BCUT2D eigenvalue weighted by molar-refractivity contribution is 0.0317. The third kappa shape index (κ3) is 1.83. The van der Waals surface area contributed by atoms with Gasteiger partial charge in [0.2, 0.25) is 0 Å². The number of aromatic hydroxyl groups is 1. The fraction of sp³-hybridized carbons (Fsp3) is 0.650. The number of ketones is 1. The zero-order valence-electron chi connectivity index (χ0n) is 14.5. The summed E-state index contributed by atoms with van der Waals surface area (Å²) in [4.78, 5) is 13.1. The first-order valence-electron chi connectivity index (χ1n) is 8.81. The fourth-order valence-electron chi connectivity index (χ4n) is 5.60. The first-order valence-corrected chi connectivity index (χ1v) is 8.81. The van der Waals surface area contributed by atoms with E-state index < -0.39 is 0 Å². The number of carbonyl (C=O) groups is 1. The minimum atomic E-state index is -0.303. The molecule has 23 heavy (non-hydrogen) atoms. The van der Waals surface area contributed by atoms with Crippen LogP contribution in [0, 0.1) is 11.3 Å². The fourth-order valence-corrected chi connectivity index (χ4v) is 5.60. The van der Waals surface area contributed by atoms with Crippen molar-refractivity contribution in [1.82, 2.24) is 0 Å². The van der Waals surface area contributed by atoms with Crippen LogP contribution in [0.2, 0.25) is 0 Å². The van der Waals surface area contributed by atoms with Crippen molar-refractivity contribution in [2.24, 2.45) is 11.3 Å². The summed E-state index contributed by atoms with van der Waals surface area (Å²) in [5, 5.41) is 10.5. The van der Waals surface area contributed by atoms with Gasteiger partial charge < -0.3 is 9.84 Å². The van der Waals surface area contributed by atoms with E-state index in [1.165, 1.54) is 0 Å². The molecular formula is C20H26O3. The average Bonchev–Trinajstić information content (AvgIpc) is 2.84. The molecule has 4 atom stereocenters. The lowest BCUT2D eigenvalue weighted by Crippen LogP contribution is -2.54. The van der Waals surface area contributed by atoms with Crippen LogP contribution in [-0.2, 0) is 10.2 Å². The Morgan fingerprint density at radius 2 is 2.00 bits per heavy atom. The highest BCUT2D eigenvalue weighted by Crippen LogP contribution is 2.61. The van der Waals surface area contributed by atoms with Crippen LogP contribution in [0.1, 0.15) is 74.4 Å². The SMILES string of the molecule is CC(C)c1cc2c(cc1O)[C@@]1(C)CCC[C@@]3(C)CO[C@@H](C2=O)[C@@H]31. The Morgan fingerprint density at radius 3 is 2.70 bits per heavy atom. The van der Waals surface area contributed by atoms with E-state index in [-0.39, 0.29) is 34.6 Å². The smallest absolute Gasteiger partial charge is 0.192 e. The van der Waals surface area contributed by atoms with Crippen LogP contribution in [0.5, 0.6) is 5.75 Å². The standard InChI is InChI=1S/C20H26O3/c1-11(2)12-8-13-14(9-15(12)21)20(4)7-5-6-19(3)10-23-17(16(13)22)18(19)20/h8-9,11,17-18,21H,5-7,10H2,1-4H3/t17-,18-,19-,20+/m0/s1. The maximum atomic E-state index is 13.1. The summed E-state index contributed by atoms with van der Waals surface area (Å²) in [6.45, 7) is 9.32. The molecule has 1 aliphatic heterocycles. The maximum Gasteiger partial charge on any atom is 0.192 e. The van der Waals surface area contributed by atoms with Gasteiger partial charge in [0.1, 0.15) is 11.9 Å². The van der Waals surface area contributed by atoms with Crippen molar-refractivity contribution in [3.63, 3.8) is 0 Å². The minimum Gasteiger partial charge on any atom is -0.508 e. The van der Waals surface area contributed by atoms with Crippen molar-refractivity contribution < 1.29 is 14.6 Å². The van der Waals surface area contributed by atoms with Crippen LogP contribution in [0.3, 0.4) is 0 Å².